The largest absolute Gasteiger partial charge is 0.361 e. The van der Waals surface area contributed by atoms with Gasteiger partial charge in [-0.25, -0.2) is 0 Å². The lowest BCUT2D eigenvalue weighted by atomic mass is 10.1. The predicted octanol–water partition coefficient (Wildman–Crippen LogP) is 0.587. The van der Waals surface area contributed by atoms with Gasteiger partial charge in [-0.3, -0.25) is 4.79 Å². The summed E-state index contributed by atoms with van der Waals surface area (Å²) in [6, 6.07) is 1.88. The molecule has 0 aromatic carbocycles. The van der Waals surface area contributed by atoms with Gasteiger partial charge in [-0.1, -0.05) is 5.16 Å². The lowest BCUT2D eigenvalue weighted by molar-refractivity contribution is -0.119. The molecule has 1 amide bonds. The van der Waals surface area contributed by atoms with Gasteiger partial charge in [0.05, 0.1) is 5.69 Å². The Morgan fingerprint density at radius 3 is 3.08 bits per heavy atom. The number of carbonyl (C=O) groups excluding carboxylic acids is 1. The molecule has 1 aromatic rings. The minimum Gasteiger partial charge on any atom is -0.361 e. The second-order valence-electron chi connectivity index (χ2n) is 3.08. The Labute approximate surface area is 69.9 Å². The van der Waals surface area contributed by atoms with Gasteiger partial charge >= 0.3 is 0 Å². The molecule has 1 aliphatic heterocycles. The van der Waals surface area contributed by atoms with E-state index < -0.39 is 0 Å². The van der Waals surface area contributed by atoms with Crippen LogP contribution in [0.4, 0.5) is 0 Å². The first-order valence-electron chi connectivity index (χ1n) is 3.95. The molecule has 0 spiro atoms. The zero-order valence-corrected chi connectivity index (χ0v) is 6.83. The molecular formula is C8H10N2O2. The van der Waals surface area contributed by atoms with Crippen LogP contribution in [0.2, 0.25) is 0 Å². The Kier molecular flexibility index (Phi) is 1.60. The van der Waals surface area contributed by atoms with Crippen LogP contribution >= 0.6 is 0 Å². The quantitative estimate of drug-likeness (QED) is 0.664. The van der Waals surface area contributed by atoms with E-state index in [2.05, 4.69) is 10.5 Å². The summed E-state index contributed by atoms with van der Waals surface area (Å²) in [7, 11) is 0. The van der Waals surface area contributed by atoms with E-state index in [1.54, 1.807) is 0 Å². The number of hydrogen-bond acceptors (Lipinski definition) is 3. The fraction of sp³-hybridized carbons (Fsp3) is 0.500. The van der Waals surface area contributed by atoms with Crippen LogP contribution in [0.1, 0.15) is 23.8 Å². The van der Waals surface area contributed by atoms with E-state index in [1.807, 2.05) is 13.0 Å². The molecule has 1 fully saturated rings. The van der Waals surface area contributed by atoms with E-state index in [-0.39, 0.29) is 11.8 Å². The Morgan fingerprint density at radius 1 is 1.75 bits per heavy atom. The van der Waals surface area contributed by atoms with Gasteiger partial charge in [0.1, 0.15) is 5.76 Å². The molecule has 2 rings (SSSR count). The van der Waals surface area contributed by atoms with E-state index >= 15 is 0 Å². The monoisotopic (exact) mass is 166 g/mol. The Bertz CT molecular complexity index is 306. The third-order valence-electron chi connectivity index (χ3n) is 2.03. The summed E-state index contributed by atoms with van der Waals surface area (Å²) in [5.41, 5.74) is 0.865. The number of rotatable bonds is 1. The van der Waals surface area contributed by atoms with Crippen LogP contribution < -0.4 is 5.32 Å². The molecule has 12 heavy (non-hydrogen) atoms. The van der Waals surface area contributed by atoms with Crippen molar-refractivity contribution in [2.45, 2.75) is 19.3 Å². The number of aromatic nitrogens is 1. The number of amides is 1. The van der Waals surface area contributed by atoms with Gasteiger partial charge in [0.15, 0.2) is 0 Å². The van der Waals surface area contributed by atoms with E-state index in [9.17, 15) is 4.79 Å². The van der Waals surface area contributed by atoms with Gasteiger partial charge < -0.3 is 9.84 Å². The van der Waals surface area contributed by atoms with Crippen LogP contribution in [0.3, 0.4) is 0 Å². The molecule has 4 heteroatoms. The average Bonchev–Trinajstić information content (AvgIpc) is 2.58. The molecule has 1 aromatic heterocycles. The molecule has 1 atom stereocenters. The first-order valence-corrected chi connectivity index (χ1v) is 3.95. The molecule has 2 heterocycles. The molecule has 0 bridgehead atoms. The third-order valence-corrected chi connectivity index (χ3v) is 2.03. The normalized spacial score (nSPS) is 22.8. The molecule has 0 saturated carbocycles. The van der Waals surface area contributed by atoms with E-state index in [1.165, 1.54) is 0 Å². The zero-order valence-electron chi connectivity index (χ0n) is 6.83. The van der Waals surface area contributed by atoms with E-state index in [0.717, 1.165) is 11.5 Å². The highest BCUT2D eigenvalue weighted by molar-refractivity contribution is 5.79. The van der Waals surface area contributed by atoms with Crippen molar-refractivity contribution >= 4 is 5.91 Å². The lowest BCUT2D eigenvalue weighted by Crippen LogP contribution is -2.13. The summed E-state index contributed by atoms with van der Waals surface area (Å²) in [5, 5.41) is 6.52. The van der Waals surface area contributed by atoms with Crippen LogP contribution in [0.15, 0.2) is 10.6 Å². The fourth-order valence-electron chi connectivity index (χ4n) is 1.38. The van der Waals surface area contributed by atoms with E-state index in [0.29, 0.717) is 13.0 Å². The maximum Gasteiger partial charge on any atom is 0.220 e. The standard InChI is InChI=1S/C8H10N2O2/c1-5-2-7(12-10-5)6-3-8(11)9-4-6/h2,6H,3-4H2,1H3,(H,9,11). The number of aryl methyl sites for hydroxylation is 1. The van der Waals surface area contributed by atoms with Crippen molar-refractivity contribution < 1.29 is 9.32 Å². The van der Waals surface area contributed by atoms with Gasteiger partial charge in [-0.05, 0) is 6.92 Å². The molecule has 1 unspecified atom stereocenters. The summed E-state index contributed by atoms with van der Waals surface area (Å²) in [4.78, 5) is 10.9. The number of carbonyl (C=O) groups is 1. The van der Waals surface area contributed by atoms with Crippen LogP contribution in [0.5, 0.6) is 0 Å². The highest BCUT2D eigenvalue weighted by Gasteiger charge is 2.25. The average molecular weight is 166 g/mol. The van der Waals surface area contributed by atoms with Gasteiger partial charge in [-0.15, -0.1) is 0 Å². The molecular weight excluding hydrogens is 156 g/mol. The van der Waals surface area contributed by atoms with Crippen LogP contribution in [0, 0.1) is 6.92 Å². The topological polar surface area (TPSA) is 55.1 Å². The smallest absolute Gasteiger partial charge is 0.220 e. The van der Waals surface area contributed by atoms with Crippen molar-refractivity contribution in [3.63, 3.8) is 0 Å². The second kappa shape index (κ2) is 2.62. The van der Waals surface area contributed by atoms with Gasteiger partial charge in [0.25, 0.3) is 0 Å². The summed E-state index contributed by atoms with van der Waals surface area (Å²) < 4.78 is 5.05. The van der Waals surface area contributed by atoms with Crippen molar-refractivity contribution in [2.24, 2.45) is 0 Å². The van der Waals surface area contributed by atoms with Crippen molar-refractivity contribution in [2.75, 3.05) is 6.54 Å². The van der Waals surface area contributed by atoms with Crippen molar-refractivity contribution in [1.82, 2.24) is 10.5 Å². The van der Waals surface area contributed by atoms with E-state index in [4.69, 9.17) is 4.52 Å². The van der Waals surface area contributed by atoms with Gasteiger partial charge in [0.2, 0.25) is 5.91 Å². The van der Waals surface area contributed by atoms with Gasteiger partial charge in [-0.2, -0.15) is 0 Å². The molecule has 0 radical (unpaired) electrons. The molecule has 1 saturated heterocycles. The Morgan fingerprint density at radius 2 is 2.58 bits per heavy atom. The summed E-state index contributed by atoms with van der Waals surface area (Å²) in [5.74, 6) is 1.08. The van der Waals surface area contributed by atoms with Crippen LogP contribution in [0.25, 0.3) is 0 Å². The highest BCUT2D eigenvalue weighted by atomic mass is 16.5. The van der Waals surface area contributed by atoms with Crippen molar-refractivity contribution in [3.8, 4) is 0 Å². The third kappa shape index (κ3) is 1.20. The molecule has 0 aliphatic carbocycles. The number of nitrogens with one attached hydrogen (secondary N) is 1. The minimum atomic E-state index is 0.0917. The van der Waals surface area contributed by atoms with Crippen molar-refractivity contribution in [3.05, 3.63) is 17.5 Å². The van der Waals surface area contributed by atoms with Gasteiger partial charge in [0, 0.05) is 24.9 Å². The maximum atomic E-state index is 10.9. The zero-order chi connectivity index (χ0) is 8.55. The lowest BCUT2D eigenvalue weighted by Gasteiger charge is -1.98. The summed E-state index contributed by atoms with van der Waals surface area (Å²) in [6.45, 7) is 2.55. The molecule has 1 aliphatic rings. The number of nitrogens with zero attached hydrogens (tertiary/aromatic N) is 1. The Hall–Kier alpha value is -1.32. The fourth-order valence-corrected chi connectivity index (χ4v) is 1.38. The maximum absolute atomic E-state index is 10.9. The molecule has 64 valence electrons. The SMILES string of the molecule is Cc1cc(C2CNC(=O)C2)on1. The summed E-state index contributed by atoms with van der Waals surface area (Å²) >= 11 is 0. The first kappa shape index (κ1) is 7.34. The van der Waals surface area contributed by atoms with Crippen LogP contribution in [-0.2, 0) is 4.79 Å². The van der Waals surface area contributed by atoms with Crippen molar-refractivity contribution in [1.29, 1.82) is 0 Å². The predicted molar refractivity (Wildman–Crippen MR) is 41.6 cm³/mol. The second-order valence-corrected chi connectivity index (χ2v) is 3.08. The molecule has 1 N–H and O–H groups in total. The number of hydrogen-bond donors (Lipinski definition) is 1. The molecule has 4 nitrogen and oxygen atoms in total. The van der Waals surface area contributed by atoms with Crippen LogP contribution in [-0.4, -0.2) is 17.6 Å². The Balaban J connectivity index is 2.15. The summed E-state index contributed by atoms with van der Waals surface area (Å²) in [6.07, 6.45) is 0.522. The highest BCUT2D eigenvalue weighted by Crippen LogP contribution is 2.22. The first-order chi connectivity index (χ1) is 5.75. The minimum absolute atomic E-state index is 0.0917.